The molecule has 0 spiro atoms. The lowest BCUT2D eigenvalue weighted by Crippen LogP contribution is -2.21. The third-order valence-electron chi connectivity index (χ3n) is 3.45. The average molecular weight is 464 g/mol. The van der Waals surface area contributed by atoms with E-state index in [1.165, 1.54) is 24.4 Å². The standard InChI is InChI=1S/C18H14BrN3O3S2/c19-15-8-3-1-6-13(15)12-20-21-18(23)14-7-2-4-9-16(14)22-27(24,25)17-10-5-11-26-17/h1-12,22H,(H,21,23)/b20-12+. The molecule has 1 heterocycles. The molecule has 2 N–H and O–H groups in total. The van der Waals surface area contributed by atoms with Crippen molar-refractivity contribution in [1.29, 1.82) is 0 Å². The minimum atomic E-state index is -3.75. The first-order valence-electron chi connectivity index (χ1n) is 7.71. The number of nitrogens with one attached hydrogen (secondary N) is 2. The van der Waals surface area contributed by atoms with Crippen LogP contribution in [0, 0.1) is 0 Å². The summed E-state index contributed by atoms with van der Waals surface area (Å²) in [7, 11) is -3.75. The Bertz CT molecular complexity index is 1080. The minimum absolute atomic E-state index is 0.168. The summed E-state index contributed by atoms with van der Waals surface area (Å²) in [4.78, 5) is 12.4. The van der Waals surface area contributed by atoms with Crippen LogP contribution in [0.4, 0.5) is 5.69 Å². The van der Waals surface area contributed by atoms with E-state index in [1.807, 2.05) is 24.3 Å². The number of sulfonamides is 1. The number of amides is 1. The van der Waals surface area contributed by atoms with Crippen LogP contribution in [0.3, 0.4) is 0 Å². The molecule has 3 aromatic rings. The van der Waals surface area contributed by atoms with Crippen molar-refractivity contribution in [2.75, 3.05) is 4.72 Å². The Morgan fingerprint density at radius 3 is 2.52 bits per heavy atom. The van der Waals surface area contributed by atoms with E-state index in [9.17, 15) is 13.2 Å². The molecule has 0 aliphatic heterocycles. The van der Waals surface area contributed by atoms with Crippen LogP contribution in [-0.4, -0.2) is 20.5 Å². The number of rotatable bonds is 6. The molecule has 3 rings (SSSR count). The Morgan fingerprint density at radius 1 is 1.04 bits per heavy atom. The van der Waals surface area contributed by atoms with E-state index < -0.39 is 15.9 Å². The van der Waals surface area contributed by atoms with Gasteiger partial charge in [-0.3, -0.25) is 9.52 Å². The lowest BCUT2D eigenvalue weighted by Gasteiger charge is -2.10. The molecular formula is C18H14BrN3O3S2. The van der Waals surface area contributed by atoms with Gasteiger partial charge in [0.1, 0.15) is 4.21 Å². The summed E-state index contributed by atoms with van der Waals surface area (Å²) in [5.74, 6) is -0.525. The number of hydrogen-bond acceptors (Lipinski definition) is 5. The second-order valence-corrected chi connectivity index (χ2v) is 9.02. The fraction of sp³-hybridized carbons (Fsp3) is 0. The van der Waals surface area contributed by atoms with Gasteiger partial charge in [0.2, 0.25) is 0 Å². The molecule has 0 aliphatic carbocycles. The van der Waals surface area contributed by atoms with Crippen LogP contribution in [0.2, 0.25) is 0 Å². The van der Waals surface area contributed by atoms with Crippen molar-refractivity contribution >= 4 is 55.1 Å². The number of thiophene rings is 1. The summed E-state index contributed by atoms with van der Waals surface area (Å²) in [6.45, 7) is 0. The summed E-state index contributed by atoms with van der Waals surface area (Å²) in [5, 5.41) is 5.61. The van der Waals surface area contributed by atoms with E-state index in [-0.39, 0.29) is 15.5 Å². The van der Waals surface area contributed by atoms with E-state index in [0.717, 1.165) is 21.4 Å². The van der Waals surface area contributed by atoms with Crippen molar-refractivity contribution in [1.82, 2.24) is 5.43 Å². The van der Waals surface area contributed by atoms with Gasteiger partial charge >= 0.3 is 0 Å². The summed E-state index contributed by atoms with van der Waals surface area (Å²) < 4.78 is 28.3. The van der Waals surface area contributed by atoms with Crippen LogP contribution in [0.5, 0.6) is 0 Å². The highest BCUT2D eigenvalue weighted by Crippen LogP contribution is 2.22. The van der Waals surface area contributed by atoms with Crippen LogP contribution in [0.1, 0.15) is 15.9 Å². The molecule has 6 nitrogen and oxygen atoms in total. The minimum Gasteiger partial charge on any atom is -0.278 e. The summed E-state index contributed by atoms with van der Waals surface area (Å²) in [6, 6.07) is 16.9. The molecule has 1 amide bonds. The molecule has 0 fully saturated rings. The van der Waals surface area contributed by atoms with Gasteiger partial charge in [-0.2, -0.15) is 5.10 Å². The second kappa shape index (κ2) is 8.47. The number of anilines is 1. The third kappa shape index (κ3) is 4.82. The van der Waals surface area contributed by atoms with Crippen molar-refractivity contribution < 1.29 is 13.2 Å². The van der Waals surface area contributed by atoms with Gasteiger partial charge in [0.05, 0.1) is 17.5 Å². The monoisotopic (exact) mass is 463 g/mol. The van der Waals surface area contributed by atoms with Crippen molar-refractivity contribution in [3.05, 3.63) is 81.6 Å². The zero-order chi connectivity index (χ0) is 19.3. The van der Waals surface area contributed by atoms with Gasteiger partial charge in [-0.25, -0.2) is 13.8 Å². The molecule has 0 unspecified atom stereocenters. The molecule has 0 atom stereocenters. The van der Waals surface area contributed by atoms with Gasteiger partial charge < -0.3 is 0 Å². The maximum absolute atomic E-state index is 12.4. The number of carbonyl (C=O) groups excluding carboxylic acids is 1. The van der Waals surface area contributed by atoms with Crippen LogP contribution in [0.25, 0.3) is 0 Å². The van der Waals surface area contributed by atoms with Crippen molar-refractivity contribution in [3.63, 3.8) is 0 Å². The zero-order valence-corrected chi connectivity index (χ0v) is 17.0. The molecular weight excluding hydrogens is 450 g/mol. The predicted octanol–water partition coefficient (Wildman–Crippen LogP) is 4.08. The molecule has 0 bridgehead atoms. The lowest BCUT2D eigenvalue weighted by atomic mass is 10.2. The molecule has 138 valence electrons. The molecule has 9 heteroatoms. The largest absolute Gasteiger partial charge is 0.278 e. The Hall–Kier alpha value is -2.49. The fourth-order valence-electron chi connectivity index (χ4n) is 2.18. The first kappa shape index (κ1) is 19.3. The van der Waals surface area contributed by atoms with Crippen molar-refractivity contribution in [2.45, 2.75) is 4.21 Å². The van der Waals surface area contributed by atoms with Gasteiger partial charge in [-0.1, -0.05) is 52.3 Å². The van der Waals surface area contributed by atoms with Crippen LogP contribution in [-0.2, 0) is 10.0 Å². The van der Waals surface area contributed by atoms with E-state index >= 15 is 0 Å². The number of benzene rings is 2. The highest BCUT2D eigenvalue weighted by molar-refractivity contribution is 9.10. The lowest BCUT2D eigenvalue weighted by molar-refractivity contribution is 0.0956. The number of carbonyl (C=O) groups is 1. The van der Waals surface area contributed by atoms with E-state index in [2.05, 4.69) is 31.2 Å². The summed E-state index contributed by atoms with van der Waals surface area (Å²) >= 11 is 4.49. The Kier molecular flexibility index (Phi) is 6.04. The Balaban J connectivity index is 1.77. The van der Waals surface area contributed by atoms with Gasteiger partial charge in [-0.05, 0) is 29.6 Å². The SMILES string of the molecule is O=C(N/N=C/c1ccccc1Br)c1ccccc1NS(=O)(=O)c1cccs1. The third-order valence-corrected chi connectivity index (χ3v) is 6.94. The van der Waals surface area contributed by atoms with Gasteiger partial charge in [0.15, 0.2) is 0 Å². The van der Waals surface area contributed by atoms with Crippen LogP contribution < -0.4 is 10.1 Å². The number of hydrogen-bond donors (Lipinski definition) is 2. The highest BCUT2D eigenvalue weighted by Gasteiger charge is 2.19. The Labute approximate surface area is 169 Å². The van der Waals surface area contributed by atoms with Crippen molar-refractivity contribution in [3.8, 4) is 0 Å². The number of halogens is 1. The quantitative estimate of drug-likeness (QED) is 0.426. The predicted molar refractivity (Wildman–Crippen MR) is 111 cm³/mol. The average Bonchev–Trinajstić information content (AvgIpc) is 3.19. The molecule has 0 radical (unpaired) electrons. The van der Waals surface area contributed by atoms with Crippen LogP contribution >= 0.6 is 27.3 Å². The van der Waals surface area contributed by atoms with E-state index in [4.69, 9.17) is 0 Å². The smallest absolute Gasteiger partial charge is 0.273 e. The summed E-state index contributed by atoms with van der Waals surface area (Å²) in [5.41, 5.74) is 3.56. The summed E-state index contributed by atoms with van der Waals surface area (Å²) in [6.07, 6.45) is 1.50. The maximum Gasteiger partial charge on any atom is 0.273 e. The second-order valence-electron chi connectivity index (χ2n) is 5.30. The van der Waals surface area contributed by atoms with E-state index in [1.54, 1.807) is 23.6 Å². The van der Waals surface area contributed by atoms with Gasteiger partial charge in [-0.15, -0.1) is 11.3 Å². The molecule has 1 aromatic heterocycles. The van der Waals surface area contributed by atoms with Gasteiger partial charge in [0.25, 0.3) is 15.9 Å². The Morgan fingerprint density at radius 2 is 1.78 bits per heavy atom. The molecule has 0 saturated heterocycles. The normalized spacial score (nSPS) is 11.4. The topological polar surface area (TPSA) is 87.6 Å². The number of hydrazone groups is 1. The first-order valence-corrected chi connectivity index (χ1v) is 10.9. The molecule has 0 saturated carbocycles. The zero-order valence-electron chi connectivity index (χ0n) is 13.8. The number of para-hydroxylation sites is 1. The fourth-order valence-corrected chi connectivity index (χ4v) is 4.64. The van der Waals surface area contributed by atoms with Gasteiger partial charge in [0, 0.05) is 10.0 Å². The molecule has 2 aromatic carbocycles. The van der Waals surface area contributed by atoms with E-state index in [0.29, 0.717) is 0 Å². The molecule has 27 heavy (non-hydrogen) atoms. The highest BCUT2D eigenvalue weighted by atomic mass is 79.9. The molecule has 0 aliphatic rings. The number of nitrogens with zero attached hydrogens (tertiary/aromatic N) is 1. The van der Waals surface area contributed by atoms with Crippen LogP contribution in [0.15, 0.2) is 79.8 Å². The maximum atomic E-state index is 12.4. The van der Waals surface area contributed by atoms with Crippen molar-refractivity contribution in [2.24, 2.45) is 5.10 Å². The first-order chi connectivity index (χ1) is 13.0.